The second-order valence-electron chi connectivity index (χ2n) is 5.73. The summed E-state index contributed by atoms with van der Waals surface area (Å²) in [6.45, 7) is 0. The highest BCUT2D eigenvalue weighted by atomic mass is 32.2. The number of rotatable bonds is 6. The largest absolute Gasteiger partial charge is 0.322 e. The van der Waals surface area contributed by atoms with Gasteiger partial charge in [0.05, 0.1) is 15.9 Å². The number of thioether (sulfide) groups is 1. The molecule has 0 fully saturated rings. The Labute approximate surface area is 150 Å². The standard InChI is InChI=1S/C17H18FN3O2S2/c1-21-16-8-7-14(25(19,22)23)11-15(16)20-17(21)24-9-3-5-12-4-2-6-13(18)10-12/h2,4,6-8,10-11H,3,5,9H2,1H3,(H2,19,22,23). The molecule has 0 aliphatic heterocycles. The quantitative estimate of drug-likeness (QED) is 0.527. The van der Waals surface area contributed by atoms with E-state index >= 15 is 0 Å². The molecule has 2 aromatic carbocycles. The Balaban J connectivity index is 1.68. The van der Waals surface area contributed by atoms with E-state index in [0.29, 0.717) is 5.52 Å². The number of hydrogen-bond acceptors (Lipinski definition) is 4. The predicted molar refractivity (Wildman–Crippen MR) is 97.5 cm³/mol. The van der Waals surface area contributed by atoms with Gasteiger partial charge in [-0.15, -0.1) is 0 Å². The van der Waals surface area contributed by atoms with E-state index in [-0.39, 0.29) is 10.7 Å². The van der Waals surface area contributed by atoms with Gasteiger partial charge >= 0.3 is 0 Å². The summed E-state index contributed by atoms with van der Waals surface area (Å²) in [5, 5.41) is 5.97. The third kappa shape index (κ3) is 4.20. The van der Waals surface area contributed by atoms with E-state index in [0.717, 1.165) is 34.8 Å². The van der Waals surface area contributed by atoms with Gasteiger partial charge in [0.15, 0.2) is 5.16 Å². The smallest absolute Gasteiger partial charge is 0.238 e. The Morgan fingerprint density at radius 3 is 2.76 bits per heavy atom. The molecule has 3 rings (SSSR count). The average molecular weight is 379 g/mol. The van der Waals surface area contributed by atoms with Crippen LogP contribution in [0.1, 0.15) is 12.0 Å². The summed E-state index contributed by atoms with van der Waals surface area (Å²) in [5.41, 5.74) is 2.42. The van der Waals surface area contributed by atoms with Crippen LogP contribution in [0.5, 0.6) is 0 Å². The van der Waals surface area contributed by atoms with Crippen LogP contribution in [0.2, 0.25) is 0 Å². The van der Waals surface area contributed by atoms with Crippen molar-refractivity contribution in [3.63, 3.8) is 0 Å². The van der Waals surface area contributed by atoms with Gasteiger partial charge in [-0.2, -0.15) is 0 Å². The molecule has 1 heterocycles. The van der Waals surface area contributed by atoms with E-state index in [2.05, 4.69) is 4.98 Å². The first-order chi connectivity index (χ1) is 11.8. The highest BCUT2D eigenvalue weighted by Gasteiger charge is 2.13. The monoisotopic (exact) mass is 379 g/mol. The van der Waals surface area contributed by atoms with Gasteiger partial charge in [-0.25, -0.2) is 22.9 Å². The fraction of sp³-hybridized carbons (Fsp3) is 0.235. The molecule has 0 bridgehead atoms. The first kappa shape index (κ1) is 17.9. The van der Waals surface area contributed by atoms with Gasteiger partial charge in [0.2, 0.25) is 10.0 Å². The van der Waals surface area contributed by atoms with Crippen LogP contribution < -0.4 is 5.14 Å². The maximum Gasteiger partial charge on any atom is 0.238 e. The van der Waals surface area contributed by atoms with Crippen LogP contribution in [-0.2, 0) is 23.5 Å². The molecule has 0 radical (unpaired) electrons. The minimum absolute atomic E-state index is 0.0563. The number of halogens is 1. The molecule has 0 amide bonds. The van der Waals surface area contributed by atoms with Crippen molar-refractivity contribution < 1.29 is 12.8 Å². The normalized spacial score (nSPS) is 12.0. The summed E-state index contributed by atoms with van der Waals surface area (Å²) >= 11 is 1.59. The Kier molecular flexibility index (Phi) is 5.12. The molecule has 132 valence electrons. The van der Waals surface area contributed by atoms with Crippen LogP contribution in [0.15, 0.2) is 52.5 Å². The summed E-state index contributed by atoms with van der Waals surface area (Å²) in [6.07, 6.45) is 1.68. The third-order valence-corrected chi connectivity index (χ3v) is 5.90. The molecule has 5 nitrogen and oxygen atoms in total. The number of fused-ring (bicyclic) bond motifs is 1. The third-order valence-electron chi connectivity index (χ3n) is 3.87. The van der Waals surface area contributed by atoms with Gasteiger partial charge in [0.25, 0.3) is 0 Å². The molecule has 25 heavy (non-hydrogen) atoms. The van der Waals surface area contributed by atoms with Gasteiger partial charge < -0.3 is 4.57 Å². The number of nitrogens with two attached hydrogens (primary N) is 1. The molecule has 0 unspecified atom stereocenters. The van der Waals surface area contributed by atoms with Crippen LogP contribution in [0.3, 0.4) is 0 Å². The fourth-order valence-corrected chi connectivity index (χ4v) is 4.06. The molecule has 0 aliphatic carbocycles. The van der Waals surface area contributed by atoms with E-state index in [1.54, 1.807) is 30.0 Å². The van der Waals surface area contributed by atoms with Crippen LogP contribution in [0, 0.1) is 5.82 Å². The number of imidazole rings is 1. The van der Waals surface area contributed by atoms with Crippen molar-refractivity contribution in [2.75, 3.05) is 5.75 Å². The SMILES string of the molecule is Cn1c(SCCCc2cccc(F)c2)nc2cc(S(N)(=O)=O)ccc21. The molecule has 0 atom stereocenters. The first-order valence-corrected chi connectivity index (χ1v) is 10.2. The zero-order chi connectivity index (χ0) is 18.0. The molecule has 0 saturated carbocycles. The van der Waals surface area contributed by atoms with Crippen LogP contribution >= 0.6 is 11.8 Å². The Hall–Kier alpha value is -1.90. The van der Waals surface area contributed by atoms with Crippen LogP contribution in [0.4, 0.5) is 4.39 Å². The highest BCUT2D eigenvalue weighted by molar-refractivity contribution is 7.99. The maximum atomic E-state index is 13.2. The van der Waals surface area contributed by atoms with Crippen molar-refractivity contribution >= 4 is 32.8 Å². The van der Waals surface area contributed by atoms with Gasteiger partial charge in [-0.05, 0) is 48.7 Å². The van der Waals surface area contributed by atoms with E-state index in [1.807, 2.05) is 17.7 Å². The van der Waals surface area contributed by atoms with Gasteiger partial charge in [-0.1, -0.05) is 23.9 Å². The molecular weight excluding hydrogens is 361 g/mol. The minimum Gasteiger partial charge on any atom is -0.322 e. The lowest BCUT2D eigenvalue weighted by atomic mass is 10.1. The lowest BCUT2D eigenvalue weighted by Crippen LogP contribution is -2.11. The van der Waals surface area contributed by atoms with Crippen molar-refractivity contribution in [1.29, 1.82) is 0 Å². The summed E-state index contributed by atoms with van der Waals surface area (Å²) in [5.74, 6) is 0.613. The summed E-state index contributed by atoms with van der Waals surface area (Å²) in [7, 11) is -1.85. The van der Waals surface area contributed by atoms with E-state index in [4.69, 9.17) is 5.14 Å². The molecule has 2 N–H and O–H groups in total. The maximum absolute atomic E-state index is 13.2. The van der Waals surface area contributed by atoms with Crippen LogP contribution in [-0.4, -0.2) is 23.7 Å². The molecule has 1 aromatic heterocycles. The Bertz CT molecular complexity index is 1020. The summed E-state index contributed by atoms with van der Waals surface area (Å²) in [4.78, 5) is 4.55. The number of sulfonamides is 1. The van der Waals surface area contributed by atoms with Gasteiger partial charge in [0, 0.05) is 12.8 Å². The Morgan fingerprint density at radius 2 is 2.04 bits per heavy atom. The molecule has 0 aliphatic rings. The van der Waals surface area contributed by atoms with Crippen LogP contribution in [0.25, 0.3) is 11.0 Å². The lowest BCUT2D eigenvalue weighted by molar-refractivity contribution is 0.598. The Morgan fingerprint density at radius 1 is 1.24 bits per heavy atom. The highest BCUT2D eigenvalue weighted by Crippen LogP contribution is 2.25. The van der Waals surface area contributed by atoms with E-state index < -0.39 is 10.0 Å². The first-order valence-electron chi connectivity index (χ1n) is 7.71. The molecule has 8 heteroatoms. The van der Waals surface area contributed by atoms with Crippen molar-refractivity contribution in [3.05, 3.63) is 53.8 Å². The molecule has 0 spiro atoms. The van der Waals surface area contributed by atoms with E-state index in [9.17, 15) is 12.8 Å². The number of nitrogens with zero attached hydrogens (tertiary/aromatic N) is 2. The molecule has 3 aromatic rings. The van der Waals surface area contributed by atoms with E-state index in [1.165, 1.54) is 18.2 Å². The fourth-order valence-electron chi connectivity index (χ4n) is 2.60. The summed E-state index contributed by atoms with van der Waals surface area (Å²) < 4.78 is 38.0. The van der Waals surface area contributed by atoms with Crippen molar-refractivity contribution in [3.8, 4) is 0 Å². The molecule has 0 saturated heterocycles. The van der Waals surface area contributed by atoms with Gasteiger partial charge in [0.1, 0.15) is 5.82 Å². The number of primary sulfonamides is 1. The number of aryl methyl sites for hydroxylation is 2. The zero-order valence-electron chi connectivity index (χ0n) is 13.6. The van der Waals surface area contributed by atoms with Crippen molar-refractivity contribution in [1.82, 2.24) is 9.55 Å². The lowest BCUT2D eigenvalue weighted by Gasteiger charge is -2.03. The second kappa shape index (κ2) is 7.15. The summed E-state index contributed by atoms with van der Waals surface area (Å²) in [6, 6.07) is 11.3. The van der Waals surface area contributed by atoms with Crippen molar-refractivity contribution in [2.45, 2.75) is 22.9 Å². The van der Waals surface area contributed by atoms with Gasteiger partial charge in [-0.3, -0.25) is 0 Å². The average Bonchev–Trinajstić information content (AvgIpc) is 2.87. The molecular formula is C17H18FN3O2S2. The predicted octanol–water partition coefficient (Wildman–Crippen LogP) is 3.08. The van der Waals surface area contributed by atoms with Crippen molar-refractivity contribution in [2.24, 2.45) is 12.2 Å². The number of hydrogen-bond donors (Lipinski definition) is 1. The second-order valence-corrected chi connectivity index (χ2v) is 8.35. The zero-order valence-corrected chi connectivity index (χ0v) is 15.3. The number of aromatic nitrogens is 2. The minimum atomic E-state index is -3.74. The topological polar surface area (TPSA) is 78.0 Å². The number of benzene rings is 2.